The fourth-order valence-electron chi connectivity index (χ4n) is 4.25. The number of benzene rings is 2. The lowest BCUT2D eigenvalue weighted by molar-refractivity contribution is -0.135. The van der Waals surface area contributed by atoms with Crippen LogP contribution in [0.2, 0.25) is 5.02 Å². The molecule has 3 amide bonds. The second-order valence-corrected chi connectivity index (χ2v) is 10.2. The van der Waals surface area contributed by atoms with E-state index in [-0.39, 0.29) is 42.9 Å². The van der Waals surface area contributed by atoms with Crippen LogP contribution in [0.5, 0.6) is 5.75 Å². The van der Waals surface area contributed by atoms with Crippen LogP contribution in [0.25, 0.3) is 0 Å². The topological polar surface area (TPSA) is 61.9 Å². The van der Waals surface area contributed by atoms with Crippen LogP contribution in [0.4, 0.5) is 14.9 Å². The van der Waals surface area contributed by atoms with Gasteiger partial charge in [-0.1, -0.05) is 36.7 Å². The molecule has 9 heteroatoms. The molecule has 1 N–H and O–H groups in total. The standard InChI is InChI=1S/C27H29ClFN3O3S/c1-3-18(2)32(27(34)30-20-8-6-7-19(28)15-20)16-26(33)31-13-11-25-21(12-14-36-25)23(31)17-35-24-10-5-4-9-22(24)29/h4-10,12,14-15,18,23H,3,11,13,16-17H2,1-2H3,(H,30,34)/t18-,23+/m1/s1. The third-order valence-electron chi connectivity index (χ3n) is 6.41. The summed E-state index contributed by atoms with van der Waals surface area (Å²) in [5, 5.41) is 5.36. The molecular weight excluding hydrogens is 501 g/mol. The number of hydrogen-bond donors (Lipinski definition) is 1. The van der Waals surface area contributed by atoms with E-state index < -0.39 is 5.82 Å². The van der Waals surface area contributed by atoms with E-state index >= 15 is 0 Å². The van der Waals surface area contributed by atoms with Crippen molar-refractivity contribution in [1.29, 1.82) is 0 Å². The maximum atomic E-state index is 14.2. The maximum Gasteiger partial charge on any atom is 0.322 e. The predicted molar refractivity (Wildman–Crippen MR) is 141 cm³/mol. The third-order valence-corrected chi connectivity index (χ3v) is 7.65. The number of fused-ring (bicyclic) bond motifs is 1. The van der Waals surface area contributed by atoms with Gasteiger partial charge in [-0.15, -0.1) is 11.3 Å². The van der Waals surface area contributed by atoms with Gasteiger partial charge in [0.1, 0.15) is 13.2 Å². The average molecular weight is 530 g/mol. The van der Waals surface area contributed by atoms with Crippen molar-refractivity contribution in [1.82, 2.24) is 9.80 Å². The van der Waals surface area contributed by atoms with Crippen LogP contribution in [-0.2, 0) is 11.2 Å². The van der Waals surface area contributed by atoms with E-state index in [9.17, 15) is 14.0 Å². The number of nitrogens with zero attached hydrogens (tertiary/aromatic N) is 2. The van der Waals surface area contributed by atoms with Gasteiger partial charge in [0, 0.05) is 28.2 Å². The van der Waals surface area contributed by atoms with Gasteiger partial charge in [-0.05, 0) is 67.1 Å². The summed E-state index contributed by atoms with van der Waals surface area (Å²) in [6, 6.07) is 14.2. The SMILES string of the molecule is CC[C@@H](C)N(CC(=O)N1CCc2sccc2[C@@H]1COc1ccccc1F)C(=O)Nc1cccc(Cl)c1. The van der Waals surface area contributed by atoms with Crippen LogP contribution < -0.4 is 10.1 Å². The molecule has 1 aliphatic heterocycles. The number of anilines is 1. The van der Waals surface area contributed by atoms with Gasteiger partial charge in [0.05, 0.1) is 6.04 Å². The first-order chi connectivity index (χ1) is 17.4. The highest BCUT2D eigenvalue weighted by molar-refractivity contribution is 7.10. The summed E-state index contributed by atoms with van der Waals surface area (Å²) in [5.74, 6) is -0.484. The molecule has 6 nitrogen and oxygen atoms in total. The lowest BCUT2D eigenvalue weighted by Crippen LogP contribution is -2.50. The maximum absolute atomic E-state index is 14.2. The second-order valence-electron chi connectivity index (χ2n) is 8.72. The lowest BCUT2D eigenvalue weighted by atomic mass is 10.00. The van der Waals surface area contributed by atoms with Crippen LogP contribution in [0, 0.1) is 5.82 Å². The molecule has 1 aromatic heterocycles. The smallest absolute Gasteiger partial charge is 0.322 e. The Hall–Kier alpha value is -3.10. The second kappa shape index (κ2) is 11.8. The fourth-order valence-corrected chi connectivity index (χ4v) is 5.37. The van der Waals surface area contributed by atoms with Crippen molar-refractivity contribution in [2.45, 2.75) is 38.8 Å². The van der Waals surface area contributed by atoms with Gasteiger partial charge in [0.25, 0.3) is 0 Å². The number of carbonyl (C=O) groups excluding carboxylic acids is 2. The molecule has 3 aromatic rings. The summed E-state index contributed by atoms with van der Waals surface area (Å²) < 4.78 is 20.0. The number of para-hydroxylation sites is 1. The summed E-state index contributed by atoms with van der Waals surface area (Å²) in [4.78, 5) is 31.3. The monoisotopic (exact) mass is 529 g/mol. The first kappa shape index (κ1) is 26.0. The predicted octanol–water partition coefficient (Wildman–Crippen LogP) is 6.38. The molecule has 1 aliphatic rings. The van der Waals surface area contributed by atoms with E-state index in [0.717, 1.165) is 12.0 Å². The number of halogens is 2. The summed E-state index contributed by atoms with van der Waals surface area (Å²) in [5.41, 5.74) is 1.57. The van der Waals surface area contributed by atoms with E-state index in [1.165, 1.54) is 10.9 Å². The van der Waals surface area contributed by atoms with E-state index in [4.69, 9.17) is 16.3 Å². The number of nitrogens with one attached hydrogen (secondary N) is 1. The van der Waals surface area contributed by atoms with Crippen molar-refractivity contribution in [3.63, 3.8) is 0 Å². The van der Waals surface area contributed by atoms with Gasteiger partial charge in [-0.2, -0.15) is 0 Å². The number of amides is 3. The Balaban J connectivity index is 1.52. The van der Waals surface area contributed by atoms with Gasteiger partial charge in [0.15, 0.2) is 11.6 Å². The summed E-state index contributed by atoms with van der Waals surface area (Å²) >= 11 is 7.70. The minimum atomic E-state index is -0.447. The number of rotatable bonds is 8. The zero-order valence-electron chi connectivity index (χ0n) is 20.2. The molecule has 190 valence electrons. The van der Waals surface area contributed by atoms with Crippen molar-refractivity contribution in [3.8, 4) is 5.75 Å². The molecule has 2 aromatic carbocycles. The number of thiophene rings is 1. The van der Waals surface area contributed by atoms with Crippen LogP contribution in [0.3, 0.4) is 0 Å². The highest BCUT2D eigenvalue weighted by atomic mass is 35.5. The Morgan fingerprint density at radius 2 is 2.06 bits per heavy atom. The van der Waals surface area contributed by atoms with Gasteiger partial charge in [-0.3, -0.25) is 4.79 Å². The zero-order valence-corrected chi connectivity index (χ0v) is 21.8. The Morgan fingerprint density at radius 3 is 2.81 bits per heavy atom. The largest absolute Gasteiger partial charge is 0.488 e. The molecule has 0 aliphatic carbocycles. The number of carbonyl (C=O) groups is 2. The van der Waals surface area contributed by atoms with Crippen molar-refractivity contribution < 1.29 is 18.7 Å². The summed E-state index contributed by atoms with van der Waals surface area (Å²) in [6.45, 7) is 4.42. The van der Waals surface area contributed by atoms with Crippen molar-refractivity contribution in [2.24, 2.45) is 0 Å². The quantitative estimate of drug-likeness (QED) is 0.368. The van der Waals surface area contributed by atoms with E-state index in [0.29, 0.717) is 23.7 Å². The molecule has 0 unspecified atom stereocenters. The first-order valence-corrected chi connectivity index (χ1v) is 13.2. The highest BCUT2D eigenvalue weighted by Gasteiger charge is 2.34. The molecular formula is C27H29ClFN3O3S. The zero-order chi connectivity index (χ0) is 25.7. The van der Waals surface area contributed by atoms with E-state index in [1.54, 1.807) is 63.6 Å². The van der Waals surface area contributed by atoms with Crippen LogP contribution in [0.1, 0.15) is 36.8 Å². The lowest BCUT2D eigenvalue weighted by Gasteiger charge is -2.38. The van der Waals surface area contributed by atoms with Gasteiger partial charge in [0.2, 0.25) is 5.91 Å². The van der Waals surface area contributed by atoms with Crippen LogP contribution in [-0.4, -0.2) is 47.5 Å². The third kappa shape index (κ3) is 5.99. The fraction of sp³-hybridized carbons (Fsp3) is 0.333. The minimum Gasteiger partial charge on any atom is -0.488 e. The van der Waals surface area contributed by atoms with Gasteiger partial charge < -0.3 is 19.9 Å². The number of ether oxygens (including phenoxy) is 1. The molecule has 0 saturated carbocycles. The molecule has 0 spiro atoms. The van der Waals surface area contributed by atoms with Crippen LogP contribution >= 0.6 is 22.9 Å². The molecule has 36 heavy (non-hydrogen) atoms. The minimum absolute atomic E-state index is 0.0862. The Labute approximate surface area is 219 Å². The molecule has 0 saturated heterocycles. The van der Waals surface area contributed by atoms with E-state index in [2.05, 4.69) is 5.32 Å². The summed E-state index contributed by atoms with van der Waals surface area (Å²) in [7, 11) is 0. The first-order valence-electron chi connectivity index (χ1n) is 11.9. The van der Waals surface area contributed by atoms with Gasteiger partial charge >= 0.3 is 6.03 Å². The molecule has 2 heterocycles. The Kier molecular flexibility index (Phi) is 8.48. The van der Waals surface area contributed by atoms with Crippen molar-refractivity contribution in [3.05, 3.63) is 81.3 Å². The Morgan fingerprint density at radius 1 is 1.25 bits per heavy atom. The highest BCUT2D eigenvalue weighted by Crippen LogP contribution is 2.34. The van der Waals surface area contributed by atoms with Crippen molar-refractivity contribution in [2.75, 3.05) is 25.0 Å². The Bertz CT molecular complexity index is 1220. The molecule has 0 radical (unpaired) electrons. The van der Waals surface area contributed by atoms with E-state index in [1.807, 2.05) is 25.3 Å². The molecule has 2 atom stereocenters. The average Bonchev–Trinajstić information content (AvgIpc) is 3.35. The number of urea groups is 1. The van der Waals surface area contributed by atoms with Crippen LogP contribution in [0.15, 0.2) is 60.0 Å². The number of hydrogen-bond acceptors (Lipinski definition) is 4. The molecule has 0 fully saturated rings. The van der Waals surface area contributed by atoms with Gasteiger partial charge in [-0.25, -0.2) is 9.18 Å². The van der Waals surface area contributed by atoms with Crippen molar-refractivity contribution >= 4 is 40.6 Å². The summed E-state index contributed by atoms with van der Waals surface area (Å²) in [6.07, 6.45) is 1.41. The molecule has 0 bridgehead atoms. The normalized spacial score (nSPS) is 15.7. The molecule has 4 rings (SSSR count).